The molecule has 2 rings (SSSR count). The van der Waals surface area contributed by atoms with E-state index >= 15 is 0 Å². The van der Waals surface area contributed by atoms with E-state index in [2.05, 4.69) is 0 Å². The van der Waals surface area contributed by atoms with E-state index in [9.17, 15) is 12.9 Å². The second-order valence-electron chi connectivity index (χ2n) is 4.50. The Morgan fingerprint density at radius 3 is 2.39 bits per heavy atom. The molecule has 1 aliphatic carbocycles. The van der Waals surface area contributed by atoms with E-state index < -0.39 is 12.4 Å². The van der Waals surface area contributed by atoms with Crippen molar-refractivity contribution in [1.29, 1.82) is 0 Å². The first-order chi connectivity index (χ1) is 8.50. The van der Waals surface area contributed by atoms with Gasteiger partial charge in [0.1, 0.15) is 5.75 Å². The first-order valence-electron chi connectivity index (χ1n) is 6.05. The molecule has 0 spiro atoms. The van der Waals surface area contributed by atoms with Crippen molar-refractivity contribution in [2.45, 2.75) is 31.8 Å². The summed E-state index contributed by atoms with van der Waals surface area (Å²) in [6.45, 7) is -5.09. The molecule has 6 heteroatoms. The van der Waals surface area contributed by atoms with Gasteiger partial charge in [0.15, 0.2) is 0 Å². The normalized spacial score (nSPS) is 16.9. The molecule has 0 amide bonds. The number of methoxy groups -OCH3 is 1. The third-order valence-corrected chi connectivity index (χ3v) is 3.17. The zero-order valence-corrected chi connectivity index (χ0v) is 10.2. The van der Waals surface area contributed by atoms with E-state index in [0.717, 1.165) is 31.7 Å². The highest BCUT2D eigenvalue weighted by atomic mass is 19.4. The van der Waals surface area contributed by atoms with E-state index in [1.165, 1.54) is 19.2 Å². The molecule has 1 saturated carbocycles. The monoisotopic (exact) mass is 259 g/mol. The van der Waals surface area contributed by atoms with E-state index in [1.54, 1.807) is 0 Å². The first kappa shape index (κ1) is 13.1. The molecule has 0 aliphatic heterocycles. The minimum Gasteiger partial charge on any atom is -0.497 e. The summed E-state index contributed by atoms with van der Waals surface area (Å²) >= 11 is 0. The summed E-state index contributed by atoms with van der Waals surface area (Å²) in [6.07, 6.45) is 3.61. The maximum absolute atomic E-state index is 13.0. The SMILES string of the molecule is COc1ccc(OC2CCCC2)c([B-](F)(F)F)c1. The van der Waals surface area contributed by atoms with Gasteiger partial charge in [0.2, 0.25) is 0 Å². The Balaban J connectivity index is 2.27. The molecule has 1 fully saturated rings. The van der Waals surface area contributed by atoms with Crippen molar-refractivity contribution in [2.75, 3.05) is 7.11 Å². The molecule has 0 unspecified atom stereocenters. The minimum atomic E-state index is -5.09. The molecule has 0 bridgehead atoms. The molecular weight excluding hydrogens is 244 g/mol. The Bertz CT molecular complexity index is 414. The van der Waals surface area contributed by atoms with Gasteiger partial charge >= 0.3 is 6.98 Å². The maximum atomic E-state index is 13.0. The molecule has 1 aromatic rings. The minimum absolute atomic E-state index is 0.0739. The summed E-state index contributed by atoms with van der Waals surface area (Å²) in [4.78, 5) is 0. The highest BCUT2D eigenvalue weighted by Gasteiger charge is 2.31. The molecule has 0 atom stereocenters. The summed E-state index contributed by atoms with van der Waals surface area (Å²) in [7, 11) is 1.35. The van der Waals surface area contributed by atoms with Crippen LogP contribution in [0.2, 0.25) is 0 Å². The molecule has 0 heterocycles. The van der Waals surface area contributed by atoms with Crippen molar-refractivity contribution < 1.29 is 22.4 Å². The predicted molar refractivity (Wildman–Crippen MR) is 64.6 cm³/mol. The zero-order chi connectivity index (χ0) is 13.2. The van der Waals surface area contributed by atoms with Crippen LogP contribution in [0.1, 0.15) is 25.7 Å². The van der Waals surface area contributed by atoms with E-state index in [4.69, 9.17) is 9.47 Å². The molecule has 1 aromatic carbocycles. The smallest absolute Gasteiger partial charge is 0.497 e. The van der Waals surface area contributed by atoms with Crippen LogP contribution >= 0.6 is 0 Å². The summed E-state index contributed by atoms with van der Waals surface area (Å²) in [5, 5.41) is 0. The van der Waals surface area contributed by atoms with Gasteiger partial charge in [0.25, 0.3) is 0 Å². The van der Waals surface area contributed by atoms with Crippen LogP contribution in [-0.4, -0.2) is 20.2 Å². The van der Waals surface area contributed by atoms with Crippen LogP contribution in [0.25, 0.3) is 0 Å². The van der Waals surface area contributed by atoms with E-state index in [0.29, 0.717) is 0 Å². The average Bonchev–Trinajstić information content (AvgIpc) is 2.81. The molecule has 2 nitrogen and oxygen atoms in total. The number of hydrogen-bond donors (Lipinski definition) is 0. The van der Waals surface area contributed by atoms with Crippen LogP contribution in [0, 0.1) is 0 Å². The zero-order valence-electron chi connectivity index (χ0n) is 10.2. The van der Waals surface area contributed by atoms with Gasteiger partial charge < -0.3 is 22.4 Å². The summed E-state index contributed by atoms with van der Waals surface area (Å²) < 4.78 is 49.2. The van der Waals surface area contributed by atoms with Crippen molar-refractivity contribution in [1.82, 2.24) is 0 Å². The fraction of sp³-hybridized carbons (Fsp3) is 0.500. The van der Waals surface area contributed by atoms with Crippen LogP contribution < -0.4 is 14.9 Å². The van der Waals surface area contributed by atoms with E-state index in [1.807, 2.05) is 0 Å². The number of rotatable bonds is 4. The van der Waals surface area contributed by atoms with Gasteiger partial charge in [-0.1, -0.05) is 5.46 Å². The molecule has 0 saturated heterocycles. The third kappa shape index (κ3) is 2.92. The average molecular weight is 259 g/mol. The van der Waals surface area contributed by atoms with Gasteiger partial charge in [0.05, 0.1) is 19.0 Å². The van der Waals surface area contributed by atoms with Gasteiger partial charge in [-0.3, -0.25) is 0 Å². The van der Waals surface area contributed by atoms with Crippen LogP contribution in [0.4, 0.5) is 12.9 Å². The van der Waals surface area contributed by atoms with Crippen molar-refractivity contribution in [3.8, 4) is 11.5 Å². The van der Waals surface area contributed by atoms with E-state index in [-0.39, 0.29) is 17.6 Å². The fourth-order valence-corrected chi connectivity index (χ4v) is 2.20. The summed E-state index contributed by atoms with van der Waals surface area (Å²) in [6, 6.07) is 3.85. The van der Waals surface area contributed by atoms with Gasteiger partial charge in [0, 0.05) is 0 Å². The van der Waals surface area contributed by atoms with Crippen LogP contribution in [0.15, 0.2) is 18.2 Å². The predicted octanol–water partition coefficient (Wildman–Crippen LogP) is 3.07. The number of ether oxygens (including phenoxy) is 2. The number of benzene rings is 1. The van der Waals surface area contributed by atoms with Gasteiger partial charge in [-0.25, -0.2) is 0 Å². The van der Waals surface area contributed by atoms with Crippen molar-refractivity contribution in [2.24, 2.45) is 0 Å². The Morgan fingerprint density at radius 1 is 1.17 bits per heavy atom. The van der Waals surface area contributed by atoms with Crippen molar-refractivity contribution >= 4 is 12.4 Å². The maximum Gasteiger partial charge on any atom is 0.513 e. The molecule has 100 valence electrons. The Labute approximate surface area is 104 Å². The first-order valence-corrected chi connectivity index (χ1v) is 6.05. The molecule has 1 aliphatic rings. The fourth-order valence-electron chi connectivity index (χ4n) is 2.20. The number of halogens is 3. The Hall–Kier alpha value is -1.33. The lowest BCUT2D eigenvalue weighted by Gasteiger charge is -2.23. The second-order valence-corrected chi connectivity index (χ2v) is 4.50. The summed E-state index contributed by atoms with van der Waals surface area (Å²) in [5.41, 5.74) is -0.707. The lowest BCUT2D eigenvalue weighted by molar-refractivity contribution is 0.211. The lowest BCUT2D eigenvalue weighted by atomic mass is 9.79. The van der Waals surface area contributed by atoms with Gasteiger partial charge in [-0.05, 0) is 43.9 Å². The molecule has 0 radical (unpaired) electrons. The van der Waals surface area contributed by atoms with Gasteiger partial charge in [-0.15, -0.1) is 0 Å². The topological polar surface area (TPSA) is 18.5 Å². The molecular formula is C12H15BF3O2-. The van der Waals surface area contributed by atoms with Crippen LogP contribution in [0.3, 0.4) is 0 Å². The quantitative estimate of drug-likeness (QED) is 0.773. The largest absolute Gasteiger partial charge is 0.513 e. The second kappa shape index (κ2) is 5.12. The molecule has 18 heavy (non-hydrogen) atoms. The highest BCUT2D eigenvalue weighted by Crippen LogP contribution is 2.27. The van der Waals surface area contributed by atoms with Crippen molar-refractivity contribution in [3.63, 3.8) is 0 Å². The summed E-state index contributed by atoms with van der Waals surface area (Å²) in [5.74, 6) is 0.123. The Morgan fingerprint density at radius 2 is 1.83 bits per heavy atom. The van der Waals surface area contributed by atoms with Crippen molar-refractivity contribution in [3.05, 3.63) is 18.2 Å². The lowest BCUT2D eigenvalue weighted by Crippen LogP contribution is -2.36. The van der Waals surface area contributed by atoms with Crippen LogP contribution in [0.5, 0.6) is 11.5 Å². The third-order valence-electron chi connectivity index (χ3n) is 3.17. The highest BCUT2D eigenvalue weighted by molar-refractivity contribution is 6.74. The number of hydrogen-bond acceptors (Lipinski definition) is 2. The standard InChI is InChI=1S/C12H15BF3O2/c1-17-10-6-7-12(11(8-10)13(14,15)16)18-9-4-2-3-5-9/h6-9H,2-5H2,1H3/q-1. The molecule has 0 N–H and O–H groups in total. The van der Waals surface area contributed by atoms with Gasteiger partial charge in [-0.2, -0.15) is 0 Å². The molecule has 0 aromatic heterocycles. The Kier molecular flexibility index (Phi) is 3.73. The van der Waals surface area contributed by atoms with Crippen LogP contribution in [-0.2, 0) is 0 Å².